The first-order valence-electron chi connectivity index (χ1n) is 13.9. The van der Waals surface area contributed by atoms with Gasteiger partial charge in [0.2, 0.25) is 11.8 Å². The number of likely N-dealkylation sites (tertiary alicyclic amines) is 1. The smallest absolute Gasteiger partial charge is 0.311 e. The second kappa shape index (κ2) is 10.7. The summed E-state index contributed by atoms with van der Waals surface area (Å²) in [6.45, 7) is 12.3. The van der Waals surface area contributed by atoms with Gasteiger partial charge in [0.05, 0.1) is 35.8 Å². The molecular weight excluding hydrogens is 476 g/mol. The monoisotopic (exact) mass is 520 g/mol. The van der Waals surface area contributed by atoms with Gasteiger partial charge in [0, 0.05) is 17.3 Å². The molecule has 7 nitrogen and oxygen atoms in total. The summed E-state index contributed by atoms with van der Waals surface area (Å²) in [7, 11) is 0. The van der Waals surface area contributed by atoms with E-state index in [9.17, 15) is 19.5 Å². The number of thioether (sulfide) groups is 1. The normalized spacial score (nSPS) is 35.4. The fourth-order valence-corrected chi connectivity index (χ4v) is 9.84. The number of nitrogens with zero attached hydrogens (tertiary/aromatic N) is 2. The van der Waals surface area contributed by atoms with Gasteiger partial charge in [0.25, 0.3) is 0 Å². The highest BCUT2D eigenvalue weighted by Crippen LogP contribution is 2.72. The van der Waals surface area contributed by atoms with E-state index in [-0.39, 0.29) is 43.0 Å². The van der Waals surface area contributed by atoms with Crippen molar-refractivity contribution < 1.29 is 24.2 Å². The van der Waals surface area contributed by atoms with Crippen LogP contribution >= 0.6 is 11.8 Å². The largest absolute Gasteiger partial charge is 0.466 e. The number of fused-ring (bicyclic) bond motifs is 1. The van der Waals surface area contributed by atoms with Crippen molar-refractivity contribution in [3.63, 3.8) is 0 Å². The molecule has 202 valence electrons. The number of amides is 2. The number of carbonyl (C=O) groups excluding carboxylic acids is 3. The van der Waals surface area contributed by atoms with Gasteiger partial charge >= 0.3 is 5.97 Å². The first-order chi connectivity index (χ1) is 17.2. The van der Waals surface area contributed by atoms with E-state index < -0.39 is 33.4 Å². The highest BCUT2D eigenvalue weighted by atomic mass is 32.2. The Kier molecular flexibility index (Phi) is 8.15. The zero-order chi connectivity index (χ0) is 26.3. The molecule has 3 aliphatic heterocycles. The number of rotatable bonds is 10. The molecule has 7 atom stereocenters. The zero-order valence-corrected chi connectivity index (χ0v) is 23.2. The van der Waals surface area contributed by atoms with Crippen molar-refractivity contribution in [1.82, 2.24) is 9.80 Å². The number of esters is 1. The van der Waals surface area contributed by atoms with Crippen LogP contribution in [0.2, 0.25) is 0 Å². The number of carbonyl (C=O) groups is 3. The number of ether oxygens (including phenoxy) is 1. The van der Waals surface area contributed by atoms with Crippen molar-refractivity contribution >= 4 is 29.5 Å². The molecule has 2 unspecified atom stereocenters. The predicted molar refractivity (Wildman–Crippen MR) is 141 cm³/mol. The standard InChI is InChI=1S/C28H44N2O5S/c1-6-16-29(19-12-10-9-11-13-19)25(33)23-28-15-14-27(5,36-28)22(26(34)35-8-3)21(28)24(32)30(23)20(17-31)18(4)7-2/h6,18-23,31H,1,7-17H2,2-5H3/t18-,20-,21-,22-,23?,27+,28?/m0/s1. The van der Waals surface area contributed by atoms with Gasteiger partial charge in [-0.2, -0.15) is 0 Å². The molecule has 2 bridgehead atoms. The highest BCUT2D eigenvalue weighted by Gasteiger charge is 2.78. The molecular formula is C28H44N2O5S. The Balaban J connectivity index is 1.82. The number of aliphatic hydroxyl groups excluding tert-OH is 1. The van der Waals surface area contributed by atoms with Gasteiger partial charge in [-0.05, 0) is 45.4 Å². The van der Waals surface area contributed by atoms with Crippen LogP contribution in [0, 0.1) is 17.8 Å². The van der Waals surface area contributed by atoms with E-state index in [0.717, 1.165) is 38.5 Å². The summed E-state index contributed by atoms with van der Waals surface area (Å²) in [5.41, 5.74) is 0. The molecule has 1 saturated carbocycles. The van der Waals surface area contributed by atoms with E-state index in [2.05, 4.69) is 13.5 Å². The van der Waals surface area contributed by atoms with Gasteiger partial charge in [0.1, 0.15) is 6.04 Å². The second-order valence-electron chi connectivity index (χ2n) is 11.4. The molecule has 4 aliphatic rings. The van der Waals surface area contributed by atoms with Crippen LogP contribution in [0.4, 0.5) is 0 Å². The van der Waals surface area contributed by atoms with E-state index in [4.69, 9.17) is 4.74 Å². The Morgan fingerprint density at radius 3 is 2.56 bits per heavy atom. The second-order valence-corrected chi connectivity index (χ2v) is 13.3. The maximum atomic E-state index is 14.6. The molecule has 4 fully saturated rings. The average Bonchev–Trinajstić information content (AvgIpc) is 3.44. The van der Waals surface area contributed by atoms with Gasteiger partial charge < -0.3 is 19.6 Å². The van der Waals surface area contributed by atoms with Gasteiger partial charge in [-0.15, -0.1) is 18.3 Å². The maximum absolute atomic E-state index is 14.6. The molecule has 1 spiro atoms. The van der Waals surface area contributed by atoms with Crippen LogP contribution in [0.1, 0.15) is 79.1 Å². The summed E-state index contributed by atoms with van der Waals surface area (Å²) in [5.74, 6) is -1.71. The zero-order valence-electron chi connectivity index (χ0n) is 22.4. The van der Waals surface area contributed by atoms with E-state index in [1.165, 1.54) is 6.42 Å². The van der Waals surface area contributed by atoms with E-state index in [1.54, 1.807) is 29.7 Å². The molecule has 3 saturated heterocycles. The van der Waals surface area contributed by atoms with E-state index in [0.29, 0.717) is 13.0 Å². The summed E-state index contributed by atoms with van der Waals surface area (Å²) in [4.78, 5) is 45.9. The maximum Gasteiger partial charge on any atom is 0.311 e. The molecule has 1 aliphatic carbocycles. The molecule has 1 N–H and O–H groups in total. The number of hydrogen-bond acceptors (Lipinski definition) is 6. The molecule has 0 aromatic carbocycles. The molecule has 0 aromatic heterocycles. The van der Waals surface area contributed by atoms with Crippen LogP contribution in [0.3, 0.4) is 0 Å². The van der Waals surface area contributed by atoms with Gasteiger partial charge in [-0.25, -0.2) is 0 Å². The summed E-state index contributed by atoms with van der Waals surface area (Å²) < 4.78 is 4.36. The Morgan fingerprint density at radius 2 is 1.97 bits per heavy atom. The molecule has 2 amide bonds. The Morgan fingerprint density at radius 1 is 1.28 bits per heavy atom. The lowest BCUT2D eigenvalue weighted by atomic mass is 9.66. The van der Waals surface area contributed by atoms with Crippen LogP contribution in [0.15, 0.2) is 12.7 Å². The van der Waals surface area contributed by atoms with Crippen molar-refractivity contribution in [2.75, 3.05) is 19.8 Å². The van der Waals surface area contributed by atoms with E-state index in [1.807, 2.05) is 18.7 Å². The summed E-state index contributed by atoms with van der Waals surface area (Å²) in [6, 6.07) is -1.04. The third-order valence-electron chi connectivity index (χ3n) is 9.46. The summed E-state index contributed by atoms with van der Waals surface area (Å²) >= 11 is 1.67. The molecule has 0 radical (unpaired) electrons. The van der Waals surface area contributed by atoms with Gasteiger partial charge in [0.15, 0.2) is 0 Å². The van der Waals surface area contributed by atoms with E-state index >= 15 is 0 Å². The molecule has 0 aromatic rings. The minimum absolute atomic E-state index is 0.0193. The minimum atomic E-state index is -0.700. The molecule has 4 rings (SSSR count). The fraction of sp³-hybridized carbons (Fsp3) is 0.821. The Hall–Kier alpha value is -1.54. The topological polar surface area (TPSA) is 87.2 Å². The fourth-order valence-electron chi connectivity index (χ4n) is 7.51. The number of hydrogen-bond donors (Lipinski definition) is 1. The lowest BCUT2D eigenvalue weighted by molar-refractivity contribution is -0.156. The highest BCUT2D eigenvalue weighted by molar-refractivity contribution is 8.02. The summed E-state index contributed by atoms with van der Waals surface area (Å²) in [6.07, 6.45) is 9.32. The first-order valence-corrected chi connectivity index (χ1v) is 14.7. The van der Waals surface area contributed by atoms with Gasteiger partial charge in [-0.3, -0.25) is 14.4 Å². The molecule has 8 heteroatoms. The third kappa shape index (κ3) is 4.20. The number of aliphatic hydroxyl groups is 1. The van der Waals surface area contributed by atoms with Crippen LogP contribution in [0.25, 0.3) is 0 Å². The SMILES string of the molecule is C=CCN(C(=O)C1N([C@@H](CO)[C@@H](C)CC)C(=O)[C@@H]2[C@@H](C(=O)OCC)[C@@]3(C)CCC12S3)C1CCCCC1. The molecule has 3 heterocycles. The van der Waals surface area contributed by atoms with Crippen LogP contribution in [-0.2, 0) is 19.1 Å². The lowest BCUT2D eigenvalue weighted by Crippen LogP contribution is -2.60. The quantitative estimate of drug-likeness (QED) is 0.348. The minimum Gasteiger partial charge on any atom is -0.466 e. The first kappa shape index (κ1) is 27.5. The van der Waals surface area contributed by atoms with Crippen molar-refractivity contribution in [2.45, 2.75) is 107 Å². The van der Waals surface area contributed by atoms with Crippen molar-refractivity contribution in [2.24, 2.45) is 17.8 Å². The van der Waals surface area contributed by atoms with Crippen molar-refractivity contribution in [1.29, 1.82) is 0 Å². The van der Waals surface area contributed by atoms with Gasteiger partial charge in [-0.1, -0.05) is 45.6 Å². The third-order valence-corrected chi connectivity index (χ3v) is 11.4. The average molecular weight is 521 g/mol. The predicted octanol–water partition coefficient (Wildman–Crippen LogP) is 3.79. The Bertz CT molecular complexity index is 876. The van der Waals surface area contributed by atoms with Crippen molar-refractivity contribution in [3.05, 3.63) is 12.7 Å². The van der Waals surface area contributed by atoms with Crippen LogP contribution < -0.4 is 0 Å². The van der Waals surface area contributed by atoms with Crippen LogP contribution in [0.5, 0.6) is 0 Å². The summed E-state index contributed by atoms with van der Waals surface area (Å²) in [5, 5.41) is 10.5. The van der Waals surface area contributed by atoms with Crippen molar-refractivity contribution in [3.8, 4) is 0 Å². The lowest BCUT2D eigenvalue weighted by Gasteiger charge is -2.43. The molecule has 36 heavy (non-hydrogen) atoms. The van der Waals surface area contributed by atoms with Crippen LogP contribution in [-0.4, -0.2) is 80.1 Å². The Labute approximate surface area is 220 Å².